The number of likely N-dealkylation sites (tertiary alicyclic amines) is 1. The summed E-state index contributed by atoms with van der Waals surface area (Å²) in [5.41, 5.74) is 0.537. The van der Waals surface area contributed by atoms with E-state index in [-0.39, 0.29) is 35.4 Å². The summed E-state index contributed by atoms with van der Waals surface area (Å²) in [5, 5.41) is 0. The number of hydrogen-bond acceptors (Lipinski definition) is 6. The number of sulfone groups is 1. The van der Waals surface area contributed by atoms with E-state index < -0.39 is 9.84 Å². The topological polar surface area (TPSA) is 76.2 Å². The lowest BCUT2D eigenvalue weighted by molar-refractivity contribution is -0.0728. The van der Waals surface area contributed by atoms with Crippen LogP contribution >= 0.6 is 0 Å². The molecule has 8 heteroatoms. The molecule has 0 aliphatic carbocycles. The predicted octanol–water partition coefficient (Wildman–Crippen LogP) is 2.07. The van der Waals surface area contributed by atoms with Crippen LogP contribution in [0.5, 0.6) is 0 Å². The van der Waals surface area contributed by atoms with Crippen molar-refractivity contribution in [1.29, 1.82) is 0 Å². The number of amides is 1. The average Bonchev–Trinajstić information content (AvgIpc) is 2.72. The van der Waals surface area contributed by atoms with Crippen LogP contribution in [0.2, 0.25) is 0 Å². The highest BCUT2D eigenvalue weighted by atomic mass is 32.2. The Kier molecular flexibility index (Phi) is 7.90. The van der Waals surface area contributed by atoms with Crippen LogP contribution in [0.1, 0.15) is 37.0 Å². The zero-order chi connectivity index (χ0) is 21.7. The largest absolute Gasteiger partial charge is 0.384 e. The molecule has 3 rings (SSSR count). The Labute approximate surface area is 180 Å². The van der Waals surface area contributed by atoms with E-state index in [4.69, 9.17) is 9.47 Å². The molecule has 1 aromatic rings. The van der Waals surface area contributed by atoms with Gasteiger partial charge in [-0.3, -0.25) is 9.69 Å². The van der Waals surface area contributed by atoms with E-state index in [0.29, 0.717) is 11.5 Å². The van der Waals surface area contributed by atoms with Crippen molar-refractivity contribution in [2.45, 2.75) is 43.8 Å². The minimum atomic E-state index is -3.38. The van der Waals surface area contributed by atoms with Gasteiger partial charge in [-0.1, -0.05) is 0 Å². The van der Waals surface area contributed by atoms with Crippen LogP contribution in [0.15, 0.2) is 29.2 Å². The van der Waals surface area contributed by atoms with Gasteiger partial charge < -0.3 is 14.4 Å². The Morgan fingerprint density at radius 2 is 1.70 bits per heavy atom. The zero-order valence-electron chi connectivity index (χ0n) is 18.2. The maximum atomic E-state index is 12.8. The third-order valence-electron chi connectivity index (χ3n) is 5.93. The average molecular weight is 439 g/mol. The van der Waals surface area contributed by atoms with Crippen molar-refractivity contribution >= 4 is 15.7 Å². The minimum absolute atomic E-state index is 0.0251. The molecule has 2 fully saturated rings. The lowest BCUT2D eigenvalue weighted by atomic mass is 9.95. The van der Waals surface area contributed by atoms with Crippen LogP contribution in [0.4, 0.5) is 0 Å². The summed E-state index contributed by atoms with van der Waals surface area (Å²) in [7, 11) is -1.91. The van der Waals surface area contributed by atoms with Gasteiger partial charge in [-0.2, -0.15) is 0 Å². The van der Waals surface area contributed by atoms with E-state index in [1.807, 2.05) is 4.90 Å². The van der Waals surface area contributed by atoms with Crippen molar-refractivity contribution in [3.05, 3.63) is 29.8 Å². The van der Waals surface area contributed by atoms with E-state index in [0.717, 1.165) is 45.6 Å². The Morgan fingerprint density at radius 1 is 1.10 bits per heavy atom. The van der Waals surface area contributed by atoms with Crippen LogP contribution in [0.25, 0.3) is 0 Å². The first-order chi connectivity index (χ1) is 14.3. The van der Waals surface area contributed by atoms with Crippen molar-refractivity contribution in [3.63, 3.8) is 0 Å². The van der Waals surface area contributed by atoms with Gasteiger partial charge in [-0.15, -0.1) is 0 Å². The predicted molar refractivity (Wildman–Crippen MR) is 115 cm³/mol. The third-order valence-corrected chi connectivity index (χ3v) is 7.62. The molecule has 2 aliphatic rings. The standard InChI is InChI=1S/C22H34N2O5S/c1-17-14-23(15-18(2)29-17)16-19-8-10-24(11-9-19)22(25)20-4-6-21(7-5-20)30(26,27)13-12-28-3/h4-7,17-19H,8-16H2,1-3H3. The molecule has 30 heavy (non-hydrogen) atoms. The van der Waals surface area contributed by atoms with Crippen molar-refractivity contribution in [2.75, 3.05) is 52.2 Å². The maximum Gasteiger partial charge on any atom is 0.253 e. The van der Waals surface area contributed by atoms with Gasteiger partial charge >= 0.3 is 0 Å². The summed E-state index contributed by atoms with van der Waals surface area (Å²) in [5.74, 6) is 0.508. The molecule has 0 saturated carbocycles. The number of carbonyl (C=O) groups is 1. The van der Waals surface area contributed by atoms with Crippen LogP contribution in [-0.4, -0.2) is 88.5 Å². The molecule has 1 amide bonds. The number of rotatable bonds is 7. The van der Waals surface area contributed by atoms with Crippen molar-refractivity contribution in [1.82, 2.24) is 9.80 Å². The SMILES string of the molecule is COCCS(=O)(=O)c1ccc(C(=O)N2CCC(CN3CC(C)OC(C)C3)CC2)cc1. The van der Waals surface area contributed by atoms with E-state index >= 15 is 0 Å². The first kappa shape index (κ1) is 23.2. The normalized spacial score (nSPS) is 24.2. The van der Waals surface area contributed by atoms with E-state index in [1.54, 1.807) is 12.1 Å². The molecule has 7 nitrogen and oxygen atoms in total. The van der Waals surface area contributed by atoms with Crippen molar-refractivity contribution in [3.8, 4) is 0 Å². The number of hydrogen-bond donors (Lipinski definition) is 0. The molecule has 2 atom stereocenters. The molecule has 2 aliphatic heterocycles. The second-order valence-electron chi connectivity index (χ2n) is 8.55. The number of morpholine rings is 1. The molecule has 0 spiro atoms. The fraction of sp³-hybridized carbons (Fsp3) is 0.682. The lowest BCUT2D eigenvalue weighted by Crippen LogP contribution is -2.48. The molecular formula is C22H34N2O5S. The highest BCUT2D eigenvalue weighted by molar-refractivity contribution is 7.91. The van der Waals surface area contributed by atoms with Gasteiger partial charge in [0.05, 0.1) is 29.5 Å². The van der Waals surface area contributed by atoms with Gasteiger partial charge in [0, 0.05) is 45.4 Å². The lowest BCUT2D eigenvalue weighted by Gasteiger charge is -2.39. The number of methoxy groups -OCH3 is 1. The highest BCUT2D eigenvalue weighted by Gasteiger charge is 2.28. The van der Waals surface area contributed by atoms with E-state index in [2.05, 4.69) is 18.7 Å². The minimum Gasteiger partial charge on any atom is -0.384 e. The number of ether oxygens (including phenoxy) is 2. The molecule has 0 bridgehead atoms. The third kappa shape index (κ3) is 6.03. The van der Waals surface area contributed by atoms with E-state index in [1.165, 1.54) is 19.2 Å². The summed E-state index contributed by atoms with van der Waals surface area (Å²) >= 11 is 0. The fourth-order valence-corrected chi connectivity index (χ4v) is 5.59. The Balaban J connectivity index is 1.51. The van der Waals surface area contributed by atoms with Gasteiger partial charge in [-0.25, -0.2) is 8.42 Å². The second kappa shape index (κ2) is 10.2. The number of nitrogens with zero attached hydrogens (tertiary/aromatic N) is 2. The zero-order valence-corrected chi connectivity index (χ0v) is 19.1. The second-order valence-corrected chi connectivity index (χ2v) is 10.7. The molecule has 0 aromatic heterocycles. The summed E-state index contributed by atoms with van der Waals surface area (Å²) in [6.45, 7) is 8.90. The molecule has 2 unspecified atom stereocenters. The first-order valence-electron chi connectivity index (χ1n) is 10.8. The van der Waals surface area contributed by atoms with Gasteiger partial charge in [0.15, 0.2) is 9.84 Å². The van der Waals surface area contributed by atoms with Crippen LogP contribution < -0.4 is 0 Å². The number of carbonyl (C=O) groups excluding carboxylic acids is 1. The Bertz CT molecular complexity index is 793. The van der Waals surface area contributed by atoms with E-state index in [9.17, 15) is 13.2 Å². The smallest absolute Gasteiger partial charge is 0.253 e. The first-order valence-corrected chi connectivity index (χ1v) is 12.4. The molecule has 2 heterocycles. The van der Waals surface area contributed by atoms with Crippen LogP contribution in [-0.2, 0) is 19.3 Å². The van der Waals surface area contributed by atoms with Crippen molar-refractivity contribution in [2.24, 2.45) is 5.92 Å². The summed E-state index contributed by atoms with van der Waals surface area (Å²) in [6, 6.07) is 6.27. The molecule has 0 radical (unpaired) electrons. The molecule has 2 saturated heterocycles. The molecular weight excluding hydrogens is 404 g/mol. The summed E-state index contributed by atoms with van der Waals surface area (Å²) in [6.07, 6.45) is 2.54. The Hall–Kier alpha value is -1.48. The highest BCUT2D eigenvalue weighted by Crippen LogP contribution is 2.22. The van der Waals surface area contributed by atoms with Gasteiger partial charge in [-0.05, 0) is 56.9 Å². The number of benzene rings is 1. The van der Waals surface area contributed by atoms with Gasteiger partial charge in [0.2, 0.25) is 0 Å². The van der Waals surface area contributed by atoms with Crippen LogP contribution in [0.3, 0.4) is 0 Å². The quantitative estimate of drug-likeness (QED) is 0.649. The molecule has 0 N–H and O–H groups in total. The molecule has 168 valence electrons. The van der Waals surface area contributed by atoms with Crippen LogP contribution in [0, 0.1) is 5.92 Å². The number of piperidine rings is 1. The van der Waals surface area contributed by atoms with Gasteiger partial charge in [0.1, 0.15) is 0 Å². The fourth-order valence-electron chi connectivity index (χ4n) is 4.42. The summed E-state index contributed by atoms with van der Waals surface area (Å²) in [4.78, 5) is 17.4. The summed E-state index contributed by atoms with van der Waals surface area (Å²) < 4.78 is 35.1. The maximum absolute atomic E-state index is 12.8. The molecule has 1 aromatic carbocycles. The van der Waals surface area contributed by atoms with Gasteiger partial charge in [0.25, 0.3) is 5.91 Å². The van der Waals surface area contributed by atoms with Crippen molar-refractivity contribution < 1.29 is 22.7 Å². The monoisotopic (exact) mass is 438 g/mol. The Morgan fingerprint density at radius 3 is 2.27 bits per heavy atom.